The average molecular weight is 416 g/mol. The second kappa shape index (κ2) is 7.90. The van der Waals surface area contributed by atoms with E-state index < -0.39 is 6.10 Å². The van der Waals surface area contributed by atoms with Crippen LogP contribution >= 0.6 is 0 Å². The minimum atomic E-state index is -0.595. The fourth-order valence-electron chi connectivity index (χ4n) is 6.54. The topological polar surface area (TPSA) is 57.2 Å². The quantitative estimate of drug-likeness (QED) is 0.687. The van der Waals surface area contributed by atoms with Gasteiger partial charge in [0.05, 0.1) is 18.8 Å². The molecular weight excluding hydrogens is 382 g/mol. The Morgan fingerprint density at radius 2 is 1.80 bits per heavy atom. The van der Waals surface area contributed by atoms with Crippen molar-refractivity contribution in [3.05, 3.63) is 35.9 Å². The van der Waals surface area contributed by atoms with E-state index in [4.69, 9.17) is 19.1 Å². The first-order chi connectivity index (χ1) is 14.5. The van der Waals surface area contributed by atoms with E-state index in [-0.39, 0.29) is 35.7 Å². The van der Waals surface area contributed by atoms with Gasteiger partial charge in [0.15, 0.2) is 12.4 Å². The van der Waals surface area contributed by atoms with Crippen LogP contribution in [0.25, 0.3) is 0 Å². The van der Waals surface area contributed by atoms with Crippen LogP contribution in [-0.4, -0.2) is 42.3 Å². The van der Waals surface area contributed by atoms with Crippen molar-refractivity contribution in [1.82, 2.24) is 5.23 Å². The zero-order chi connectivity index (χ0) is 20.9. The lowest BCUT2D eigenvalue weighted by Crippen LogP contribution is -2.58. The zero-order valence-electron chi connectivity index (χ0n) is 18.2. The molecule has 1 aromatic rings. The summed E-state index contributed by atoms with van der Waals surface area (Å²) in [5, 5.41) is 1.60. The summed E-state index contributed by atoms with van der Waals surface area (Å²) in [4.78, 5) is 24.6. The summed E-state index contributed by atoms with van der Waals surface area (Å²) in [7, 11) is 1.42. The molecule has 4 fully saturated rings. The van der Waals surface area contributed by atoms with Gasteiger partial charge in [-0.2, -0.15) is 0 Å². The molecule has 6 nitrogen and oxygen atoms in total. The van der Waals surface area contributed by atoms with Gasteiger partial charge in [-0.3, -0.25) is 4.84 Å². The largest absolute Gasteiger partial charge is 0.467 e. The standard InChI is InChI=1S/C24H33NO5/c1-15-18-13-14-19-21(22(26)27-3)29-25(24(18,19)2)30-23(15)28-20-12-8-7-11-17(20)16-9-5-4-6-10-16/h4-6,9-10,15,17-21,23H,7-8,11-14H2,1-3H3/t15-,17-,18-,19+,20+,21-,23-,24+/m0/s1. The molecule has 164 valence electrons. The fraction of sp³-hybridized carbons (Fsp3) is 0.708. The monoisotopic (exact) mass is 415 g/mol. The van der Waals surface area contributed by atoms with E-state index in [9.17, 15) is 4.79 Å². The van der Waals surface area contributed by atoms with Crippen LogP contribution in [0.3, 0.4) is 0 Å². The van der Waals surface area contributed by atoms with Gasteiger partial charge in [-0.1, -0.05) is 55.3 Å². The maximum absolute atomic E-state index is 12.3. The summed E-state index contributed by atoms with van der Waals surface area (Å²) >= 11 is 0. The molecule has 1 aromatic carbocycles. The Kier molecular flexibility index (Phi) is 5.38. The van der Waals surface area contributed by atoms with Crippen LogP contribution in [0.1, 0.15) is 63.9 Å². The minimum absolute atomic E-state index is 0.0881. The molecule has 0 unspecified atom stereocenters. The molecule has 0 N–H and O–H groups in total. The van der Waals surface area contributed by atoms with Gasteiger partial charge in [-0.25, -0.2) is 9.63 Å². The Hall–Kier alpha value is -1.47. The molecule has 2 aliphatic heterocycles. The summed E-state index contributed by atoms with van der Waals surface area (Å²) in [5.41, 5.74) is 1.03. The Bertz CT molecular complexity index is 772. The number of esters is 1. The number of carbonyl (C=O) groups excluding carboxylic acids is 1. The molecule has 0 amide bonds. The van der Waals surface area contributed by atoms with E-state index in [1.807, 2.05) is 0 Å². The van der Waals surface area contributed by atoms with Crippen LogP contribution in [-0.2, 0) is 23.9 Å². The third-order valence-electron chi connectivity index (χ3n) is 8.19. The van der Waals surface area contributed by atoms with Crippen LogP contribution in [0.5, 0.6) is 0 Å². The minimum Gasteiger partial charge on any atom is -0.467 e. The van der Waals surface area contributed by atoms with Crippen molar-refractivity contribution in [3.8, 4) is 0 Å². The van der Waals surface area contributed by atoms with Crippen LogP contribution < -0.4 is 0 Å². The fourth-order valence-corrected chi connectivity index (χ4v) is 6.54. The lowest BCUT2D eigenvalue weighted by atomic mass is 9.74. The number of hydrogen-bond donors (Lipinski definition) is 0. The van der Waals surface area contributed by atoms with Crippen LogP contribution in [0, 0.1) is 17.8 Å². The summed E-state index contributed by atoms with van der Waals surface area (Å²) in [6.07, 6.45) is 5.76. The SMILES string of the molecule is COC(=O)[C@H]1ON2O[C@H](O[C@@H]3CCCC[C@H]3c3ccccc3)[C@@H](C)[C@@H]3CC[C@H]1[C@@]32C. The molecule has 5 rings (SSSR count). The molecular formula is C24H33NO5. The highest BCUT2D eigenvalue weighted by Crippen LogP contribution is 2.58. The van der Waals surface area contributed by atoms with Gasteiger partial charge in [0.25, 0.3) is 0 Å². The molecule has 2 saturated heterocycles. The maximum Gasteiger partial charge on any atom is 0.337 e. The lowest BCUT2D eigenvalue weighted by Gasteiger charge is -2.49. The highest BCUT2D eigenvalue weighted by molar-refractivity contribution is 5.75. The second-order valence-corrected chi connectivity index (χ2v) is 9.63. The van der Waals surface area contributed by atoms with Crippen molar-refractivity contribution in [3.63, 3.8) is 0 Å². The van der Waals surface area contributed by atoms with E-state index in [2.05, 4.69) is 44.2 Å². The number of hydroxylamine groups is 2. The first kappa shape index (κ1) is 20.4. The molecule has 0 radical (unpaired) electrons. The van der Waals surface area contributed by atoms with Crippen molar-refractivity contribution >= 4 is 5.97 Å². The summed E-state index contributed by atoms with van der Waals surface area (Å²) in [6.45, 7) is 4.39. The third-order valence-corrected chi connectivity index (χ3v) is 8.19. The van der Waals surface area contributed by atoms with Crippen molar-refractivity contribution < 1.29 is 23.9 Å². The van der Waals surface area contributed by atoms with Crippen LogP contribution in [0.15, 0.2) is 30.3 Å². The van der Waals surface area contributed by atoms with Crippen molar-refractivity contribution in [2.75, 3.05) is 7.11 Å². The van der Waals surface area contributed by atoms with Crippen molar-refractivity contribution in [2.24, 2.45) is 17.8 Å². The number of methoxy groups -OCH3 is 1. The molecule has 6 heteroatoms. The Labute approximate surface area is 178 Å². The number of benzene rings is 1. The molecule has 2 aliphatic carbocycles. The van der Waals surface area contributed by atoms with Crippen LogP contribution in [0.4, 0.5) is 0 Å². The first-order valence-electron chi connectivity index (χ1n) is 11.5. The second-order valence-electron chi connectivity index (χ2n) is 9.63. The van der Waals surface area contributed by atoms with Gasteiger partial charge in [-0.05, 0) is 44.1 Å². The van der Waals surface area contributed by atoms with Gasteiger partial charge in [-0.15, -0.1) is 0 Å². The molecule has 30 heavy (non-hydrogen) atoms. The predicted octanol–water partition coefficient (Wildman–Crippen LogP) is 4.21. The lowest BCUT2D eigenvalue weighted by molar-refractivity contribution is -0.473. The molecule has 2 saturated carbocycles. The molecule has 8 atom stereocenters. The van der Waals surface area contributed by atoms with Gasteiger partial charge in [0, 0.05) is 17.8 Å². The van der Waals surface area contributed by atoms with Crippen molar-refractivity contribution in [1.29, 1.82) is 0 Å². The van der Waals surface area contributed by atoms with Gasteiger partial charge >= 0.3 is 5.97 Å². The Morgan fingerprint density at radius 3 is 2.57 bits per heavy atom. The zero-order valence-corrected chi connectivity index (χ0v) is 18.2. The summed E-state index contributed by atoms with van der Waals surface area (Å²) in [6, 6.07) is 10.7. The molecule has 4 aliphatic rings. The Morgan fingerprint density at radius 1 is 1.07 bits per heavy atom. The summed E-state index contributed by atoms with van der Waals surface area (Å²) < 4.78 is 11.7. The van der Waals surface area contributed by atoms with E-state index in [0.29, 0.717) is 11.8 Å². The van der Waals surface area contributed by atoms with Gasteiger partial charge < -0.3 is 9.47 Å². The molecule has 0 spiro atoms. The number of carbonyl (C=O) groups is 1. The van der Waals surface area contributed by atoms with Gasteiger partial charge in [0.2, 0.25) is 0 Å². The predicted molar refractivity (Wildman–Crippen MR) is 110 cm³/mol. The Balaban J connectivity index is 1.36. The molecule has 0 aromatic heterocycles. The smallest absolute Gasteiger partial charge is 0.337 e. The first-order valence-corrected chi connectivity index (χ1v) is 11.5. The number of ether oxygens (including phenoxy) is 2. The maximum atomic E-state index is 12.3. The number of hydrogen-bond acceptors (Lipinski definition) is 6. The normalized spacial score (nSPS) is 43.4. The van der Waals surface area contributed by atoms with Crippen LogP contribution in [0.2, 0.25) is 0 Å². The highest BCUT2D eigenvalue weighted by atomic mass is 17.0. The van der Waals surface area contributed by atoms with E-state index >= 15 is 0 Å². The highest BCUT2D eigenvalue weighted by Gasteiger charge is 2.67. The number of rotatable bonds is 4. The van der Waals surface area contributed by atoms with E-state index in [0.717, 1.165) is 25.7 Å². The van der Waals surface area contributed by atoms with Crippen molar-refractivity contribution in [2.45, 2.75) is 82.3 Å². The van der Waals surface area contributed by atoms with E-state index in [1.54, 1.807) is 5.23 Å². The van der Waals surface area contributed by atoms with Gasteiger partial charge in [0.1, 0.15) is 0 Å². The third kappa shape index (κ3) is 3.11. The summed E-state index contributed by atoms with van der Waals surface area (Å²) in [5.74, 6) is 0.749. The van der Waals surface area contributed by atoms with E-state index in [1.165, 1.54) is 25.5 Å². The molecule has 0 bridgehead atoms. The number of nitrogens with zero attached hydrogens (tertiary/aromatic N) is 1. The average Bonchev–Trinajstić information content (AvgIpc) is 3.27. The molecule has 2 heterocycles.